The molecule has 0 fully saturated rings. The summed E-state index contributed by atoms with van der Waals surface area (Å²) in [6.45, 7) is 5.98. The predicted molar refractivity (Wildman–Crippen MR) is 76.6 cm³/mol. The number of thiazole rings is 1. The monoisotopic (exact) mass is 274 g/mol. The van der Waals surface area contributed by atoms with Crippen LogP contribution in [0.15, 0.2) is 0 Å². The van der Waals surface area contributed by atoms with Gasteiger partial charge >= 0.3 is 0 Å². The lowest BCUT2D eigenvalue weighted by molar-refractivity contribution is 0.181. The van der Waals surface area contributed by atoms with Crippen LogP contribution in [-0.4, -0.2) is 24.4 Å². The lowest BCUT2D eigenvalue weighted by atomic mass is 10.4. The SMILES string of the molecule is CCC(C)SCc1nc(COC)c(CNC)s1. The predicted octanol–water partition coefficient (Wildman–Crippen LogP) is 3.04. The molecule has 1 aromatic rings. The van der Waals surface area contributed by atoms with Gasteiger partial charge < -0.3 is 10.1 Å². The first kappa shape index (κ1) is 15.0. The number of aromatic nitrogens is 1. The van der Waals surface area contributed by atoms with Crippen LogP contribution in [0, 0.1) is 0 Å². The quantitative estimate of drug-likeness (QED) is 0.790. The van der Waals surface area contributed by atoms with E-state index >= 15 is 0 Å². The zero-order valence-electron chi connectivity index (χ0n) is 11.1. The molecule has 0 saturated heterocycles. The van der Waals surface area contributed by atoms with E-state index in [1.807, 2.05) is 18.8 Å². The van der Waals surface area contributed by atoms with Gasteiger partial charge in [-0.2, -0.15) is 11.8 Å². The van der Waals surface area contributed by atoms with Crippen LogP contribution in [0.3, 0.4) is 0 Å². The molecule has 1 heterocycles. The average molecular weight is 274 g/mol. The van der Waals surface area contributed by atoms with Gasteiger partial charge in [0, 0.05) is 29.5 Å². The molecule has 0 aliphatic rings. The molecule has 0 aliphatic carbocycles. The van der Waals surface area contributed by atoms with Crippen molar-refractivity contribution in [1.82, 2.24) is 10.3 Å². The summed E-state index contributed by atoms with van der Waals surface area (Å²) in [7, 11) is 3.68. The molecule has 1 aromatic heterocycles. The maximum atomic E-state index is 5.18. The summed E-state index contributed by atoms with van der Waals surface area (Å²) in [6.07, 6.45) is 1.21. The molecule has 0 spiro atoms. The van der Waals surface area contributed by atoms with E-state index in [1.165, 1.54) is 16.3 Å². The number of thioether (sulfide) groups is 1. The van der Waals surface area contributed by atoms with Crippen molar-refractivity contribution in [2.75, 3.05) is 14.2 Å². The Kier molecular flexibility index (Phi) is 7.11. The van der Waals surface area contributed by atoms with Crippen molar-refractivity contribution in [3.63, 3.8) is 0 Å². The number of methoxy groups -OCH3 is 1. The molecule has 3 nitrogen and oxygen atoms in total. The second-order valence-corrected chi connectivity index (χ2v) is 6.57. The van der Waals surface area contributed by atoms with Crippen LogP contribution in [0.25, 0.3) is 0 Å². The van der Waals surface area contributed by atoms with Crippen molar-refractivity contribution in [2.24, 2.45) is 0 Å². The Labute approximate surface area is 112 Å². The number of nitrogens with one attached hydrogen (secondary N) is 1. The van der Waals surface area contributed by atoms with Crippen LogP contribution in [0.2, 0.25) is 0 Å². The average Bonchev–Trinajstić information content (AvgIpc) is 2.70. The van der Waals surface area contributed by atoms with Crippen LogP contribution in [0.1, 0.15) is 35.8 Å². The number of hydrogen-bond donors (Lipinski definition) is 1. The molecule has 1 rings (SSSR count). The normalized spacial score (nSPS) is 12.9. The lowest BCUT2D eigenvalue weighted by Crippen LogP contribution is -2.06. The summed E-state index contributed by atoms with van der Waals surface area (Å²) in [5, 5.41) is 5.10. The molecule has 0 amide bonds. The van der Waals surface area contributed by atoms with E-state index in [-0.39, 0.29) is 0 Å². The fourth-order valence-corrected chi connectivity index (χ4v) is 3.42. The summed E-state index contributed by atoms with van der Waals surface area (Å²) in [5.74, 6) is 1.01. The molecule has 1 unspecified atom stereocenters. The zero-order chi connectivity index (χ0) is 12.7. The number of ether oxygens (including phenoxy) is 1. The minimum atomic E-state index is 0.613. The van der Waals surface area contributed by atoms with Gasteiger partial charge in [0.25, 0.3) is 0 Å². The van der Waals surface area contributed by atoms with E-state index in [9.17, 15) is 0 Å². The Morgan fingerprint density at radius 1 is 1.53 bits per heavy atom. The number of hydrogen-bond acceptors (Lipinski definition) is 5. The first-order valence-electron chi connectivity index (χ1n) is 5.93. The third-order valence-corrected chi connectivity index (χ3v) is 5.13. The van der Waals surface area contributed by atoms with Gasteiger partial charge in [0.05, 0.1) is 12.3 Å². The van der Waals surface area contributed by atoms with Crippen molar-refractivity contribution in [3.8, 4) is 0 Å². The minimum absolute atomic E-state index is 0.613. The maximum absolute atomic E-state index is 5.18. The Morgan fingerprint density at radius 3 is 2.88 bits per heavy atom. The van der Waals surface area contributed by atoms with Gasteiger partial charge in [-0.25, -0.2) is 4.98 Å². The number of nitrogens with zero attached hydrogens (tertiary/aromatic N) is 1. The molecule has 0 radical (unpaired) electrons. The highest BCUT2D eigenvalue weighted by Crippen LogP contribution is 2.25. The van der Waals surface area contributed by atoms with Crippen LogP contribution >= 0.6 is 23.1 Å². The first-order valence-corrected chi connectivity index (χ1v) is 7.80. The molecule has 17 heavy (non-hydrogen) atoms. The van der Waals surface area contributed by atoms with Crippen molar-refractivity contribution in [3.05, 3.63) is 15.6 Å². The Hall–Kier alpha value is -0.100. The lowest BCUT2D eigenvalue weighted by Gasteiger charge is -2.05. The van der Waals surface area contributed by atoms with Gasteiger partial charge in [0.15, 0.2) is 0 Å². The van der Waals surface area contributed by atoms with Crippen LogP contribution in [0.4, 0.5) is 0 Å². The van der Waals surface area contributed by atoms with E-state index in [0.29, 0.717) is 11.9 Å². The summed E-state index contributed by atoms with van der Waals surface area (Å²) < 4.78 is 5.18. The van der Waals surface area contributed by atoms with E-state index in [0.717, 1.165) is 18.0 Å². The van der Waals surface area contributed by atoms with E-state index < -0.39 is 0 Å². The van der Waals surface area contributed by atoms with E-state index in [2.05, 4.69) is 24.1 Å². The highest BCUT2D eigenvalue weighted by atomic mass is 32.2. The molecule has 1 N–H and O–H groups in total. The van der Waals surface area contributed by atoms with Crippen LogP contribution in [-0.2, 0) is 23.6 Å². The highest BCUT2D eigenvalue weighted by Gasteiger charge is 2.11. The fraction of sp³-hybridized carbons (Fsp3) is 0.750. The minimum Gasteiger partial charge on any atom is -0.378 e. The molecule has 0 bridgehead atoms. The molecule has 1 atom stereocenters. The van der Waals surface area contributed by atoms with Crippen molar-refractivity contribution < 1.29 is 4.74 Å². The fourth-order valence-electron chi connectivity index (χ4n) is 1.38. The topological polar surface area (TPSA) is 34.1 Å². The second-order valence-electron chi connectivity index (χ2n) is 3.97. The highest BCUT2D eigenvalue weighted by molar-refractivity contribution is 7.99. The van der Waals surface area contributed by atoms with E-state index in [4.69, 9.17) is 4.74 Å². The third-order valence-electron chi connectivity index (χ3n) is 2.51. The molecular formula is C12H22N2OS2. The molecule has 98 valence electrons. The van der Waals surface area contributed by atoms with Crippen molar-refractivity contribution in [2.45, 2.75) is 44.4 Å². The van der Waals surface area contributed by atoms with Crippen molar-refractivity contribution >= 4 is 23.1 Å². The Bertz CT molecular complexity index is 305. The first-order chi connectivity index (χ1) is 8.21. The largest absolute Gasteiger partial charge is 0.378 e. The summed E-state index contributed by atoms with van der Waals surface area (Å²) in [5.41, 5.74) is 1.09. The molecule has 5 heteroatoms. The van der Waals surface area contributed by atoms with Gasteiger partial charge in [0.1, 0.15) is 5.01 Å². The molecular weight excluding hydrogens is 252 g/mol. The van der Waals surface area contributed by atoms with Gasteiger partial charge in [-0.1, -0.05) is 13.8 Å². The number of rotatable bonds is 8. The smallest absolute Gasteiger partial charge is 0.103 e. The molecule has 0 saturated carbocycles. The third kappa shape index (κ3) is 4.95. The van der Waals surface area contributed by atoms with Crippen LogP contribution < -0.4 is 5.32 Å². The van der Waals surface area contributed by atoms with Crippen LogP contribution in [0.5, 0.6) is 0 Å². The zero-order valence-corrected chi connectivity index (χ0v) is 12.7. The Morgan fingerprint density at radius 2 is 2.29 bits per heavy atom. The Balaban J connectivity index is 2.63. The summed E-state index contributed by atoms with van der Waals surface area (Å²) in [4.78, 5) is 5.96. The van der Waals surface area contributed by atoms with Gasteiger partial charge in [-0.05, 0) is 13.5 Å². The molecule has 0 aromatic carbocycles. The molecule has 0 aliphatic heterocycles. The standard InChI is InChI=1S/C12H22N2OS2/c1-5-9(2)16-8-12-14-10(7-15-4)11(17-12)6-13-3/h9,13H,5-8H2,1-4H3. The van der Waals surface area contributed by atoms with Gasteiger partial charge in [-0.3, -0.25) is 0 Å². The summed E-state index contributed by atoms with van der Waals surface area (Å²) >= 11 is 3.78. The second kappa shape index (κ2) is 8.08. The van der Waals surface area contributed by atoms with Gasteiger partial charge in [0.2, 0.25) is 0 Å². The maximum Gasteiger partial charge on any atom is 0.103 e. The van der Waals surface area contributed by atoms with Gasteiger partial charge in [-0.15, -0.1) is 11.3 Å². The van der Waals surface area contributed by atoms with E-state index in [1.54, 1.807) is 18.4 Å². The summed E-state index contributed by atoms with van der Waals surface area (Å²) in [6, 6.07) is 0. The van der Waals surface area contributed by atoms with Crippen molar-refractivity contribution in [1.29, 1.82) is 0 Å².